The van der Waals surface area contributed by atoms with Crippen molar-refractivity contribution in [3.63, 3.8) is 0 Å². The fourth-order valence-electron chi connectivity index (χ4n) is 3.75. The van der Waals surface area contributed by atoms with Crippen LogP contribution in [0.25, 0.3) is 0 Å². The molecule has 3 aliphatic rings. The largest absolute Gasteiger partial charge is 0.348 e. The van der Waals surface area contributed by atoms with Gasteiger partial charge in [0.05, 0.1) is 18.2 Å². The van der Waals surface area contributed by atoms with Gasteiger partial charge in [-0.3, -0.25) is 9.69 Å². The number of hydrogen-bond donors (Lipinski definition) is 1. The van der Waals surface area contributed by atoms with E-state index in [1.54, 1.807) is 43.3 Å². The van der Waals surface area contributed by atoms with Crippen molar-refractivity contribution >= 4 is 17.6 Å². The average molecular weight is 355 g/mol. The minimum Gasteiger partial charge on any atom is -0.348 e. The molecule has 3 heterocycles. The van der Waals surface area contributed by atoms with E-state index in [0.717, 1.165) is 25.9 Å². The van der Waals surface area contributed by atoms with Crippen molar-refractivity contribution in [1.29, 1.82) is 5.26 Å². The van der Waals surface area contributed by atoms with Crippen LogP contribution in [0.5, 0.6) is 0 Å². The number of amides is 3. The Morgan fingerprint density at radius 3 is 2.81 bits per heavy atom. The van der Waals surface area contributed by atoms with Crippen LogP contribution in [0.1, 0.15) is 18.4 Å². The number of anilines is 1. The molecule has 0 saturated carbocycles. The molecule has 4 rings (SSSR count). The number of benzene rings is 1. The molecule has 7 heteroatoms. The lowest BCUT2D eigenvalue weighted by atomic mass is 9.95. The van der Waals surface area contributed by atoms with Gasteiger partial charge in [-0.25, -0.2) is 4.79 Å². The Kier molecular flexibility index (Phi) is 5.43. The van der Waals surface area contributed by atoms with Gasteiger partial charge in [0.2, 0.25) is 5.91 Å². The van der Waals surface area contributed by atoms with E-state index in [2.05, 4.69) is 16.3 Å². The summed E-state index contributed by atoms with van der Waals surface area (Å²) in [5.74, 6) is 0.482. The molecule has 0 aliphatic carbocycles. The zero-order valence-electron chi connectivity index (χ0n) is 15.3. The molecule has 0 radical (unpaired) electrons. The predicted octanol–water partition coefficient (Wildman–Crippen LogP) is 1.57. The van der Waals surface area contributed by atoms with Crippen molar-refractivity contribution < 1.29 is 9.59 Å². The molecule has 1 aromatic rings. The van der Waals surface area contributed by atoms with Gasteiger partial charge in [0.25, 0.3) is 0 Å². The van der Waals surface area contributed by atoms with E-state index in [1.807, 2.05) is 4.90 Å². The van der Waals surface area contributed by atoms with Gasteiger partial charge in [-0.1, -0.05) is 6.07 Å². The Balaban J connectivity index is 1.66. The Morgan fingerprint density at radius 1 is 1.27 bits per heavy atom. The van der Waals surface area contributed by atoms with Gasteiger partial charge < -0.3 is 15.1 Å². The Morgan fingerprint density at radius 2 is 2.08 bits per heavy atom. The van der Waals surface area contributed by atoms with E-state index in [1.165, 1.54) is 0 Å². The van der Waals surface area contributed by atoms with Crippen LogP contribution in [0, 0.1) is 17.2 Å². The average Bonchev–Trinajstić information content (AvgIpc) is 2.92. The van der Waals surface area contributed by atoms with E-state index in [-0.39, 0.29) is 18.0 Å². The molecule has 0 unspecified atom stereocenters. The number of carbonyl (C=O) groups is 2. The van der Waals surface area contributed by atoms with Crippen molar-refractivity contribution in [1.82, 2.24) is 14.7 Å². The van der Waals surface area contributed by atoms with Crippen LogP contribution >= 0.6 is 0 Å². The summed E-state index contributed by atoms with van der Waals surface area (Å²) in [6.07, 6.45) is 2.05. The highest BCUT2D eigenvalue weighted by Gasteiger charge is 2.37. The summed E-state index contributed by atoms with van der Waals surface area (Å²) in [6.45, 7) is 2.69. The lowest BCUT2D eigenvalue weighted by Crippen LogP contribution is -2.49. The molecular formula is C19H25N5O2. The van der Waals surface area contributed by atoms with Gasteiger partial charge in [-0.2, -0.15) is 5.26 Å². The van der Waals surface area contributed by atoms with E-state index in [4.69, 9.17) is 5.26 Å². The Hall–Kier alpha value is -2.59. The molecule has 3 aliphatic heterocycles. The summed E-state index contributed by atoms with van der Waals surface area (Å²) >= 11 is 0. The second-order valence-corrected chi connectivity index (χ2v) is 7.35. The Labute approximate surface area is 154 Å². The van der Waals surface area contributed by atoms with Crippen LogP contribution in [0.4, 0.5) is 10.5 Å². The molecule has 2 atom stereocenters. The maximum atomic E-state index is 12.8. The van der Waals surface area contributed by atoms with Gasteiger partial charge >= 0.3 is 6.03 Å². The third-order valence-corrected chi connectivity index (χ3v) is 5.15. The van der Waals surface area contributed by atoms with Crippen molar-refractivity contribution in [2.24, 2.45) is 5.92 Å². The number of piperidine rings is 1. The smallest absolute Gasteiger partial charge is 0.322 e. The number of nitrogens with zero attached hydrogens (tertiary/aromatic N) is 4. The first-order valence-corrected chi connectivity index (χ1v) is 8.96. The molecule has 1 aromatic carbocycles. The van der Waals surface area contributed by atoms with Gasteiger partial charge in [0, 0.05) is 45.5 Å². The number of nitriles is 1. The van der Waals surface area contributed by atoms with Crippen molar-refractivity contribution in [2.75, 3.05) is 45.6 Å². The van der Waals surface area contributed by atoms with Crippen molar-refractivity contribution in [3.05, 3.63) is 29.8 Å². The highest BCUT2D eigenvalue weighted by atomic mass is 16.2. The molecule has 1 N–H and O–H groups in total. The number of rotatable bonds is 3. The van der Waals surface area contributed by atoms with Crippen LogP contribution in [0.3, 0.4) is 0 Å². The highest BCUT2D eigenvalue weighted by molar-refractivity contribution is 5.90. The number of likely N-dealkylation sites (N-methyl/N-ethyl adjacent to an activating group) is 1. The van der Waals surface area contributed by atoms with Gasteiger partial charge in [-0.05, 0) is 37.0 Å². The molecular weight excluding hydrogens is 330 g/mol. The summed E-state index contributed by atoms with van der Waals surface area (Å²) in [5, 5.41) is 11.9. The summed E-state index contributed by atoms with van der Waals surface area (Å²) in [7, 11) is 3.54. The standard InChI is InChI=1S/C19H25N5O2/c1-22(2)18(25)13-23-10-15-6-7-17(12-23)24(11-15)19(26)21-16-5-3-4-14(8-16)9-20/h3-5,8,15,17H,6-7,10-13H2,1-2H3,(H,21,26)/t15-,17+/m0/s1. The Bertz CT molecular complexity index is 727. The first kappa shape index (κ1) is 18.2. The lowest BCUT2D eigenvalue weighted by molar-refractivity contribution is -0.129. The van der Waals surface area contributed by atoms with Crippen LogP contribution in [0.2, 0.25) is 0 Å². The number of urea groups is 1. The molecule has 0 aromatic heterocycles. The quantitative estimate of drug-likeness (QED) is 0.893. The van der Waals surface area contributed by atoms with Crippen molar-refractivity contribution in [2.45, 2.75) is 18.9 Å². The maximum absolute atomic E-state index is 12.8. The summed E-state index contributed by atoms with van der Waals surface area (Å²) < 4.78 is 0. The van der Waals surface area contributed by atoms with Crippen LogP contribution in [0.15, 0.2) is 24.3 Å². The third-order valence-electron chi connectivity index (χ3n) is 5.15. The number of carbonyl (C=O) groups excluding carboxylic acids is 2. The maximum Gasteiger partial charge on any atom is 0.322 e. The fourth-order valence-corrected chi connectivity index (χ4v) is 3.75. The van der Waals surface area contributed by atoms with E-state index in [9.17, 15) is 9.59 Å². The second kappa shape index (κ2) is 7.75. The highest BCUT2D eigenvalue weighted by Crippen LogP contribution is 2.28. The normalized spacial score (nSPS) is 22.4. The topological polar surface area (TPSA) is 79.7 Å². The molecule has 3 fully saturated rings. The van der Waals surface area contributed by atoms with E-state index < -0.39 is 0 Å². The van der Waals surface area contributed by atoms with Crippen LogP contribution < -0.4 is 5.32 Å². The second-order valence-electron chi connectivity index (χ2n) is 7.35. The molecule has 3 saturated heterocycles. The molecule has 7 nitrogen and oxygen atoms in total. The number of hydrogen-bond acceptors (Lipinski definition) is 4. The number of nitrogens with one attached hydrogen (secondary N) is 1. The number of fused-ring (bicyclic) bond motifs is 4. The van der Waals surface area contributed by atoms with Crippen LogP contribution in [-0.2, 0) is 4.79 Å². The zero-order valence-corrected chi connectivity index (χ0v) is 15.3. The van der Waals surface area contributed by atoms with Gasteiger partial charge in [-0.15, -0.1) is 0 Å². The summed E-state index contributed by atoms with van der Waals surface area (Å²) in [6, 6.07) is 9.01. The molecule has 3 amide bonds. The first-order valence-electron chi connectivity index (χ1n) is 8.96. The molecule has 0 spiro atoms. The third kappa shape index (κ3) is 4.14. The van der Waals surface area contributed by atoms with Gasteiger partial charge in [0.15, 0.2) is 0 Å². The molecule has 138 valence electrons. The van der Waals surface area contributed by atoms with E-state index >= 15 is 0 Å². The summed E-state index contributed by atoms with van der Waals surface area (Å²) in [5.41, 5.74) is 1.15. The summed E-state index contributed by atoms with van der Waals surface area (Å²) in [4.78, 5) is 30.5. The lowest BCUT2D eigenvalue weighted by Gasteiger charge is -2.36. The SMILES string of the molecule is CN(C)C(=O)CN1C[C@@H]2CC[C@H](C1)N(C(=O)Nc1cccc(C#N)c1)C2. The molecule has 2 bridgehead atoms. The molecule has 26 heavy (non-hydrogen) atoms. The predicted molar refractivity (Wildman–Crippen MR) is 98.5 cm³/mol. The zero-order chi connectivity index (χ0) is 18.7. The van der Waals surface area contributed by atoms with Gasteiger partial charge in [0.1, 0.15) is 0 Å². The fraction of sp³-hybridized carbons (Fsp3) is 0.526. The van der Waals surface area contributed by atoms with Crippen molar-refractivity contribution in [3.8, 4) is 6.07 Å². The van der Waals surface area contributed by atoms with Crippen LogP contribution in [-0.4, -0.2) is 73.0 Å². The monoisotopic (exact) mass is 355 g/mol. The minimum atomic E-state index is -0.129. The minimum absolute atomic E-state index is 0.0932. The first-order chi connectivity index (χ1) is 12.5. The van der Waals surface area contributed by atoms with E-state index in [0.29, 0.717) is 30.3 Å².